The maximum absolute atomic E-state index is 12.6. The predicted molar refractivity (Wildman–Crippen MR) is 100 cm³/mol. The molecule has 0 saturated carbocycles. The second-order valence-corrected chi connectivity index (χ2v) is 6.78. The quantitative estimate of drug-likeness (QED) is 0.765. The Bertz CT molecular complexity index is 812. The van der Waals surface area contributed by atoms with Gasteiger partial charge >= 0.3 is 0 Å². The zero-order valence-corrected chi connectivity index (χ0v) is 15.9. The summed E-state index contributed by atoms with van der Waals surface area (Å²) in [5.41, 5.74) is 0.918. The summed E-state index contributed by atoms with van der Waals surface area (Å²) < 4.78 is 16.5. The van der Waals surface area contributed by atoms with Gasteiger partial charge in [0.05, 0.1) is 11.1 Å². The number of fused-ring (bicyclic) bond motifs is 1. The van der Waals surface area contributed by atoms with E-state index in [1.54, 1.807) is 18.2 Å². The molecule has 2 atom stereocenters. The van der Waals surface area contributed by atoms with Gasteiger partial charge in [-0.1, -0.05) is 36.2 Å². The van der Waals surface area contributed by atoms with Gasteiger partial charge in [0.2, 0.25) is 6.79 Å². The first-order chi connectivity index (χ1) is 12.5. The van der Waals surface area contributed by atoms with Crippen molar-refractivity contribution in [1.29, 1.82) is 0 Å². The summed E-state index contributed by atoms with van der Waals surface area (Å²) in [6.45, 7) is 3.99. The molecule has 0 fully saturated rings. The van der Waals surface area contributed by atoms with E-state index in [-0.39, 0.29) is 18.7 Å². The molecule has 1 amide bonds. The summed E-state index contributed by atoms with van der Waals surface area (Å²) in [4.78, 5) is 12.6. The third-order valence-corrected chi connectivity index (χ3v) is 4.61. The minimum atomic E-state index is -0.662. The summed E-state index contributed by atoms with van der Waals surface area (Å²) in [5, 5.41) is 3.84. The molecule has 0 aromatic heterocycles. The number of benzene rings is 2. The SMILES string of the molecule is CC[C@@H](Oc1ccc(Cl)cc1Cl)C(=O)N[C@@H](C)c1ccc2c(c1)OCO2. The fourth-order valence-electron chi connectivity index (χ4n) is 2.62. The Kier molecular flexibility index (Phi) is 5.79. The second-order valence-electron chi connectivity index (χ2n) is 5.93. The number of carbonyl (C=O) groups is 1. The van der Waals surface area contributed by atoms with Gasteiger partial charge in [0.1, 0.15) is 5.75 Å². The first kappa shape index (κ1) is 18.7. The van der Waals surface area contributed by atoms with Crippen molar-refractivity contribution in [2.45, 2.75) is 32.4 Å². The molecule has 0 spiro atoms. The third-order valence-electron chi connectivity index (χ3n) is 4.08. The minimum absolute atomic E-state index is 0.213. The fraction of sp³-hybridized carbons (Fsp3) is 0.316. The first-order valence-electron chi connectivity index (χ1n) is 8.29. The Morgan fingerprint density at radius 2 is 1.96 bits per heavy atom. The lowest BCUT2D eigenvalue weighted by Gasteiger charge is -2.21. The number of amides is 1. The van der Waals surface area contributed by atoms with Gasteiger partial charge in [-0.3, -0.25) is 4.79 Å². The molecule has 1 aliphatic heterocycles. The van der Waals surface area contributed by atoms with Crippen LogP contribution >= 0.6 is 23.2 Å². The minimum Gasteiger partial charge on any atom is -0.479 e. The number of nitrogens with one attached hydrogen (secondary N) is 1. The zero-order valence-electron chi connectivity index (χ0n) is 14.4. The predicted octanol–water partition coefficient (Wildman–Crippen LogP) is 4.76. The molecule has 1 heterocycles. The average Bonchev–Trinajstić information content (AvgIpc) is 3.08. The van der Waals surface area contributed by atoms with Crippen LogP contribution in [0.1, 0.15) is 31.9 Å². The standard InChI is InChI=1S/C19H19Cl2NO4/c1-3-15(26-16-7-5-13(20)9-14(16)21)19(23)22-11(2)12-4-6-17-18(8-12)25-10-24-17/h4-9,11,15H,3,10H2,1-2H3,(H,22,23)/t11-,15+/m0/s1. The van der Waals surface area contributed by atoms with Crippen molar-refractivity contribution in [3.63, 3.8) is 0 Å². The van der Waals surface area contributed by atoms with E-state index in [0.717, 1.165) is 5.56 Å². The maximum atomic E-state index is 12.6. The van der Waals surface area contributed by atoms with Crippen LogP contribution in [0.15, 0.2) is 36.4 Å². The van der Waals surface area contributed by atoms with Crippen molar-refractivity contribution in [3.05, 3.63) is 52.0 Å². The molecule has 3 rings (SSSR count). The number of halogens is 2. The van der Waals surface area contributed by atoms with Gasteiger partial charge in [-0.15, -0.1) is 0 Å². The van der Waals surface area contributed by atoms with E-state index in [1.807, 2.05) is 32.0 Å². The van der Waals surface area contributed by atoms with E-state index >= 15 is 0 Å². The molecule has 7 heteroatoms. The lowest BCUT2D eigenvalue weighted by Crippen LogP contribution is -2.39. The molecular formula is C19H19Cl2NO4. The monoisotopic (exact) mass is 395 g/mol. The molecule has 0 unspecified atom stereocenters. The van der Waals surface area contributed by atoms with Gasteiger partial charge in [-0.05, 0) is 49.2 Å². The molecule has 2 aromatic rings. The molecule has 0 saturated heterocycles. The summed E-state index contributed by atoms with van der Waals surface area (Å²) in [6.07, 6.45) is -0.163. The topological polar surface area (TPSA) is 56.8 Å². The van der Waals surface area contributed by atoms with Crippen LogP contribution < -0.4 is 19.5 Å². The summed E-state index contributed by atoms with van der Waals surface area (Å²) in [7, 11) is 0. The van der Waals surface area contributed by atoms with Crippen LogP contribution in [-0.2, 0) is 4.79 Å². The van der Waals surface area contributed by atoms with Crippen LogP contribution in [-0.4, -0.2) is 18.8 Å². The van der Waals surface area contributed by atoms with Crippen molar-refractivity contribution in [1.82, 2.24) is 5.32 Å². The Hall–Kier alpha value is -2.11. The molecule has 5 nitrogen and oxygen atoms in total. The van der Waals surface area contributed by atoms with E-state index in [0.29, 0.717) is 33.7 Å². The van der Waals surface area contributed by atoms with Crippen LogP contribution in [0, 0.1) is 0 Å². The van der Waals surface area contributed by atoms with Gasteiger partial charge in [0, 0.05) is 5.02 Å². The Labute approximate surface area is 162 Å². The molecular weight excluding hydrogens is 377 g/mol. The van der Waals surface area contributed by atoms with Crippen molar-refractivity contribution >= 4 is 29.1 Å². The largest absolute Gasteiger partial charge is 0.479 e. The number of carbonyl (C=O) groups excluding carboxylic acids is 1. The van der Waals surface area contributed by atoms with Crippen molar-refractivity contribution in [3.8, 4) is 17.2 Å². The van der Waals surface area contributed by atoms with E-state index in [9.17, 15) is 4.79 Å². The number of ether oxygens (including phenoxy) is 3. The van der Waals surface area contributed by atoms with E-state index < -0.39 is 6.10 Å². The van der Waals surface area contributed by atoms with Gasteiger partial charge in [-0.2, -0.15) is 0 Å². The van der Waals surface area contributed by atoms with Crippen molar-refractivity contribution in [2.24, 2.45) is 0 Å². The third kappa shape index (κ3) is 4.17. The van der Waals surface area contributed by atoms with Gasteiger partial charge in [0.15, 0.2) is 17.6 Å². The summed E-state index contributed by atoms with van der Waals surface area (Å²) in [6, 6.07) is 10.3. The smallest absolute Gasteiger partial charge is 0.261 e. The summed E-state index contributed by atoms with van der Waals surface area (Å²) in [5.74, 6) is 1.59. The Balaban J connectivity index is 1.66. The highest BCUT2D eigenvalue weighted by Crippen LogP contribution is 2.34. The second kappa shape index (κ2) is 8.06. The highest BCUT2D eigenvalue weighted by molar-refractivity contribution is 6.35. The van der Waals surface area contributed by atoms with Crippen LogP contribution in [0.3, 0.4) is 0 Å². The fourth-order valence-corrected chi connectivity index (χ4v) is 3.07. The average molecular weight is 396 g/mol. The molecule has 138 valence electrons. The molecule has 0 radical (unpaired) electrons. The van der Waals surface area contributed by atoms with Gasteiger partial charge < -0.3 is 19.5 Å². The number of hydrogen-bond acceptors (Lipinski definition) is 4. The molecule has 26 heavy (non-hydrogen) atoms. The highest BCUT2D eigenvalue weighted by Gasteiger charge is 2.23. The Morgan fingerprint density at radius 3 is 2.69 bits per heavy atom. The molecule has 1 N–H and O–H groups in total. The maximum Gasteiger partial charge on any atom is 0.261 e. The van der Waals surface area contributed by atoms with E-state index in [2.05, 4.69) is 5.32 Å². The molecule has 1 aliphatic rings. The highest BCUT2D eigenvalue weighted by atomic mass is 35.5. The van der Waals surface area contributed by atoms with Crippen LogP contribution in [0.4, 0.5) is 0 Å². The summed E-state index contributed by atoms with van der Waals surface area (Å²) >= 11 is 12.0. The van der Waals surface area contributed by atoms with Gasteiger partial charge in [0.25, 0.3) is 5.91 Å². The normalized spacial score (nSPS) is 14.6. The van der Waals surface area contributed by atoms with Crippen LogP contribution in [0.5, 0.6) is 17.2 Å². The van der Waals surface area contributed by atoms with Crippen molar-refractivity contribution < 1.29 is 19.0 Å². The number of hydrogen-bond donors (Lipinski definition) is 1. The van der Waals surface area contributed by atoms with Crippen molar-refractivity contribution in [2.75, 3.05) is 6.79 Å². The first-order valence-corrected chi connectivity index (χ1v) is 9.05. The van der Waals surface area contributed by atoms with Gasteiger partial charge in [-0.25, -0.2) is 0 Å². The Morgan fingerprint density at radius 1 is 1.19 bits per heavy atom. The molecule has 0 bridgehead atoms. The zero-order chi connectivity index (χ0) is 18.7. The lowest BCUT2D eigenvalue weighted by molar-refractivity contribution is -0.128. The van der Waals surface area contributed by atoms with Crippen LogP contribution in [0.25, 0.3) is 0 Å². The number of rotatable bonds is 6. The van der Waals surface area contributed by atoms with E-state index in [1.165, 1.54) is 0 Å². The lowest BCUT2D eigenvalue weighted by atomic mass is 10.1. The van der Waals surface area contributed by atoms with E-state index in [4.69, 9.17) is 37.4 Å². The molecule has 2 aromatic carbocycles. The molecule has 0 aliphatic carbocycles. The van der Waals surface area contributed by atoms with Crippen LogP contribution in [0.2, 0.25) is 10.0 Å².